The molecule has 1 saturated heterocycles. The highest BCUT2D eigenvalue weighted by Crippen LogP contribution is 2.37. The topological polar surface area (TPSA) is 91.4 Å². The fourth-order valence-electron chi connectivity index (χ4n) is 5.61. The molecular formula is C30H32N4O3S. The van der Waals surface area contributed by atoms with Crippen LogP contribution in [0.1, 0.15) is 54.3 Å². The fraction of sp³-hybridized carbons (Fsp3) is 0.333. The van der Waals surface area contributed by atoms with E-state index in [1.165, 1.54) is 50.6 Å². The van der Waals surface area contributed by atoms with Crippen LogP contribution in [0, 0.1) is 0 Å². The first kappa shape index (κ1) is 24.8. The summed E-state index contributed by atoms with van der Waals surface area (Å²) in [5.74, 6) is 1.16. The second-order valence-electron chi connectivity index (χ2n) is 10.6. The number of hydrogen-bond acceptors (Lipinski definition) is 7. The Morgan fingerprint density at radius 1 is 1.03 bits per heavy atom. The highest BCUT2D eigenvalue weighted by Gasteiger charge is 2.32. The maximum Gasteiger partial charge on any atom is 0.175 e. The molecule has 7 nitrogen and oxygen atoms in total. The number of aldehydes is 1. The van der Waals surface area contributed by atoms with Crippen molar-refractivity contribution in [2.75, 3.05) is 24.7 Å². The highest BCUT2D eigenvalue weighted by molar-refractivity contribution is 7.90. The van der Waals surface area contributed by atoms with E-state index in [4.69, 9.17) is 4.98 Å². The van der Waals surface area contributed by atoms with E-state index < -0.39 is 15.9 Å². The first-order chi connectivity index (χ1) is 18.4. The van der Waals surface area contributed by atoms with Crippen LogP contribution in [0.15, 0.2) is 65.7 Å². The minimum atomic E-state index is -3.36. The molecule has 196 valence electrons. The number of anilines is 2. The standard InChI is InChI=1S/C30H32N4O3S/c1-38(36,37)26-4-2-3-22(17-26)27-18-23-11-14-31-28(19-35)29(23)30(33-27)32-24-7-5-20(6-8-24)21-12-15-34(16-13-21)25-9-10-25/h2-8,11,14,17-19,21,25,28,31H,9-10,12-13,15-16H2,1H3,(H,32,33). The summed E-state index contributed by atoms with van der Waals surface area (Å²) in [7, 11) is -3.36. The monoisotopic (exact) mass is 528 g/mol. The fourth-order valence-corrected chi connectivity index (χ4v) is 6.28. The Hall–Kier alpha value is -3.49. The Bertz CT molecular complexity index is 1490. The van der Waals surface area contributed by atoms with Gasteiger partial charge in [-0.3, -0.25) is 0 Å². The lowest BCUT2D eigenvalue weighted by Gasteiger charge is -2.32. The van der Waals surface area contributed by atoms with Gasteiger partial charge in [-0.05, 0) is 98.4 Å². The van der Waals surface area contributed by atoms with Crippen LogP contribution in [-0.2, 0) is 14.6 Å². The highest BCUT2D eigenvalue weighted by atomic mass is 32.2. The molecular weight excluding hydrogens is 496 g/mol. The second kappa shape index (κ2) is 10.0. The van der Waals surface area contributed by atoms with Crippen molar-refractivity contribution in [2.24, 2.45) is 0 Å². The van der Waals surface area contributed by atoms with Crippen LogP contribution in [0.3, 0.4) is 0 Å². The lowest BCUT2D eigenvalue weighted by Crippen LogP contribution is -2.34. The first-order valence-electron chi connectivity index (χ1n) is 13.2. The molecule has 3 aromatic rings. The summed E-state index contributed by atoms with van der Waals surface area (Å²) in [6, 6.07) is 17.5. The van der Waals surface area contributed by atoms with Crippen molar-refractivity contribution in [3.63, 3.8) is 0 Å². The van der Waals surface area contributed by atoms with Gasteiger partial charge in [-0.1, -0.05) is 24.3 Å². The summed E-state index contributed by atoms with van der Waals surface area (Å²) in [5.41, 5.74) is 5.20. The van der Waals surface area contributed by atoms with Gasteiger partial charge in [-0.2, -0.15) is 0 Å². The number of rotatable bonds is 7. The predicted molar refractivity (Wildman–Crippen MR) is 150 cm³/mol. The van der Waals surface area contributed by atoms with Crippen molar-refractivity contribution in [2.45, 2.75) is 48.6 Å². The molecule has 6 rings (SSSR count). The molecule has 0 bridgehead atoms. The van der Waals surface area contributed by atoms with E-state index in [0.29, 0.717) is 23.0 Å². The number of nitrogens with zero attached hydrogens (tertiary/aromatic N) is 2. The Labute approximate surface area is 223 Å². The van der Waals surface area contributed by atoms with E-state index in [-0.39, 0.29) is 4.90 Å². The van der Waals surface area contributed by atoms with Crippen LogP contribution < -0.4 is 10.6 Å². The Morgan fingerprint density at radius 3 is 2.47 bits per heavy atom. The molecule has 2 fully saturated rings. The zero-order valence-electron chi connectivity index (χ0n) is 21.4. The van der Waals surface area contributed by atoms with Gasteiger partial charge >= 0.3 is 0 Å². The first-order valence-corrected chi connectivity index (χ1v) is 15.1. The number of piperidine rings is 1. The SMILES string of the molecule is CS(=O)(=O)c1cccc(-c2cc3c(c(Nc4ccc(C5CCN(C6CC6)CC5)cc4)n2)C(C=O)NC=C3)c1. The van der Waals surface area contributed by atoms with Crippen molar-refractivity contribution in [1.29, 1.82) is 0 Å². The molecule has 0 amide bonds. The van der Waals surface area contributed by atoms with E-state index in [2.05, 4.69) is 39.8 Å². The van der Waals surface area contributed by atoms with Crippen molar-refractivity contribution in [3.05, 3.63) is 77.5 Å². The average molecular weight is 529 g/mol. The Kier molecular flexibility index (Phi) is 6.53. The van der Waals surface area contributed by atoms with Crippen LogP contribution in [0.25, 0.3) is 17.3 Å². The van der Waals surface area contributed by atoms with Gasteiger partial charge in [-0.15, -0.1) is 0 Å². The minimum absolute atomic E-state index is 0.241. The molecule has 3 heterocycles. The van der Waals surface area contributed by atoms with Crippen LogP contribution in [0.5, 0.6) is 0 Å². The maximum atomic E-state index is 12.1. The van der Waals surface area contributed by atoms with Gasteiger partial charge in [0.05, 0.1) is 10.6 Å². The quantitative estimate of drug-likeness (QED) is 0.415. The van der Waals surface area contributed by atoms with Crippen LogP contribution in [0.2, 0.25) is 0 Å². The van der Waals surface area contributed by atoms with Crippen molar-refractivity contribution >= 4 is 33.7 Å². The summed E-state index contributed by atoms with van der Waals surface area (Å²) in [4.78, 5) is 19.7. The summed E-state index contributed by atoms with van der Waals surface area (Å²) >= 11 is 0. The molecule has 2 aliphatic heterocycles. The van der Waals surface area contributed by atoms with Gasteiger partial charge < -0.3 is 20.3 Å². The number of pyridine rings is 1. The summed E-state index contributed by atoms with van der Waals surface area (Å²) in [6.45, 7) is 2.37. The number of benzene rings is 2. The molecule has 1 saturated carbocycles. The molecule has 1 aliphatic carbocycles. The molecule has 0 radical (unpaired) electrons. The van der Waals surface area contributed by atoms with Crippen molar-refractivity contribution in [1.82, 2.24) is 15.2 Å². The predicted octanol–water partition coefficient (Wildman–Crippen LogP) is 5.05. The minimum Gasteiger partial charge on any atom is -0.378 e. The molecule has 2 aromatic carbocycles. The number of carbonyl (C=O) groups is 1. The summed E-state index contributed by atoms with van der Waals surface area (Å²) in [5, 5.41) is 6.54. The number of likely N-dealkylation sites (tertiary alicyclic amines) is 1. The van der Waals surface area contributed by atoms with Crippen LogP contribution in [-0.4, -0.2) is 50.0 Å². The zero-order chi connectivity index (χ0) is 26.3. The van der Waals surface area contributed by atoms with Crippen molar-refractivity contribution in [3.8, 4) is 11.3 Å². The van der Waals surface area contributed by atoms with Gasteiger partial charge in [-0.25, -0.2) is 13.4 Å². The number of fused-ring (bicyclic) bond motifs is 1. The Balaban J connectivity index is 1.30. The number of sulfone groups is 1. The molecule has 1 atom stereocenters. The van der Waals surface area contributed by atoms with E-state index in [9.17, 15) is 13.2 Å². The average Bonchev–Trinajstić information content (AvgIpc) is 3.78. The Morgan fingerprint density at radius 2 is 1.79 bits per heavy atom. The zero-order valence-corrected chi connectivity index (χ0v) is 22.2. The molecule has 1 aromatic heterocycles. The summed E-state index contributed by atoms with van der Waals surface area (Å²) < 4.78 is 24.3. The molecule has 0 spiro atoms. The third-order valence-corrected chi connectivity index (χ3v) is 8.98. The normalized spacial score (nSPS) is 20.0. The van der Waals surface area contributed by atoms with Gasteiger partial charge in [0.2, 0.25) is 0 Å². The molecule has 3 aliphatic rings. The summed E-state index contributed by atoms with van der Waals surface area (Å²) in [6.07, 6.45) is 10.9. The van der Waals surface area contributed by atoms with E-state index in [1.54, 1.807) is 24.4 Å². The third-order valence-electron chi connectivity index (χ3n) is 7.87. The largest absolute Gasteiger partial charge is 0.378 e. The number of hydrogen-bond donors (Lipinski definition) is 2. The molecule has 2 N–H and O–H groups in total. The van der Waals surface area contributed by atoms with E-state index in [1.807, 2.05) is 18.2 Å². The maximum absolute atomic E-state index is 12.1. The van der Waals surface area contributed by atoms with Crippen LogP contribution in [0.4, 0.5) is 11.5 Å². The molecule has 1 unspecified atom stereocenters. The third kappa shape index (κ3) is 5.11. The van der Waals surface area contributed by atoms with E-state index >= 15 is 0 Å². The molecule has 8 heteroatoms. The van der Waals surface area contributed by atoms with Gasteiger partial charge in [0.25, 0.3) is 0 Å². The van der Waals surface area contributed by atoms with Crippen LogP contribution >= 0.6 is 0 Å². The smallest absolute Gasteiger partial charge is 0.175 e. The number of aromatic nitrogens is 1. The van der Waals surface area contributed by atoms with Gasteiger partial charge in [0.1, 0.15) is 18.1 Å². The van der Waals surface area contributed by atoms with Crippen molar-refractivity contribution < 1.29 is 13.2 Å². The van der Waals surface area contributed by atoms with E-state index in [0.717, 1.165) is 29.1 Å². The lowest BCUT2D eigenvalue weighted by molar-refractivity contribution is -0.109. The van der Waals surface area contributed by atoms with Gasteiger partial charge in [0.15, 0.2) is 9.84 Å². The lowest BCUT2D eigenvalue weighted by atomic mass is 9.89. The van der Waals surface area contributed by atoms with Gasteiger partial charge in [0, 0.05) is 29.1 Å². The number of nitrogens with one attached hydrogen (secondary N) is 2. The molecule has 38 heavy (non-hydrogen) atoms. The number of carbonyl (C=O) groups excluding carboxylic acids is 1. The second-order valence-corrected chi connectivity index (χ2v) is 12.6.